The van der Waals surface area contributed by atoms with Crippen molar-refractivity contribution >= 4 is 40.5 Å². The molecule has 0 aromatic heterocycles. The average Bonchev–Trinajstić information content (AvgIpc) is 2.55. The predicted molar refractivity (Wildman–Crippen MR) is 93.1 cm³/mol. The van der Waals surface area contributed by atoms with E-state index in [0.717, 1.165) is 0 Å². The molecule has 0 heterocycles. The van der Waals surface area contributed by atoms with Crippen LogP contribution in [0.2, 0.25) is 10.0 Å². The number of amides is 1. The van der Waals surface area contributed by atoms with Gasteiger partial charge in [-0.05, 0) is 30.3 Å². The molecule has 0 radical (unpaired) electrons. The van der Waals surface area contributed by atoms with Crippen LogP contribution in [0.4, 0.5) is 11.4 Å². The lowest BCUT2D eigenvalue weighted by atomic mass is 10.2. The van der Waals surface area contributed by atoms with E-state index in [1.54, 1.807) is 43.5 Å². The third-order valence-corrected chi connectivity index (χ3v) is 3.79. The second kappa shape index (κ2) is 7.94. The number of anilines is 2. The number of ether oxygens (including phenoxy) is 2. The van der Waals surface area contributed by atoms with Crippen LogP contribution in [0, 0.1) is 0 Å². The first kappa shape index (κ1) is 17.2. The molecule has 122 valence electrons. The van der Waals surface area contributed by atoms with E-state index in [0.29, 0.717) is 32.9 Å². The van der Waals surface area contributed by atoms with Crippen molar-refractivity contribution in [1.29, 1.82) is 0 Å². The van der Waals surface area contributed by atoms with E-state index in [1.807, 2.05) is 0 Å². The monoisotopic (exact) mass is 354 g/mol. The second-order valence-electron chi connectivity index (χ2n) is 4.60. The molecule has 5 nitrogen and oxygen atoms in total. The normalized spacial score (nSPS) is 10.1. The van der Waals surface area contributed by atoms with Crippen LogP contribution in [0.5, 0.6) is 11.5 Å². The third-order valence-electron chi connectivity index (χ3n) is 3.05. The lowest BCUT2D eigenvalue weighted by Crippen LogP contribution is -2.22. The van der Waals surface area contributed by atoms with E-state index >= 15 is 0 Å². The first-order valence-electron chi connectivity index (χ1n) is 6.74. The number of hydrogen-bond donors (Lipinski definition) is 2. The maximum absolute atomic E-state index is 12.1. The zero-order chi connectivity index (χ0) is 16.8. The highest BCUT2D eigenvalue weighted by Crippen LogP contribution is 2.29. The Labute approximate surface area is 144 Å². The number of hydrogen-bond acceptors (Lipinski definition) is 4. The van der Waals surface area contributed by atoms with Crippen LogP contribution in [0.15, 0.2) is 36.4 Å². The SMILES string of the molecule is COc1ccc(OC)c(NC(=O)CNc2ccc(Cl)c(Cl)c2)c1. The molecule has 23 heavy (non-hydrogen) atoms. The van der Waals surface area contributed by atoms with Crippen LogP contribution < -0.4 is 20.1 Å². The van der Waals surface area contributed by atoms with Gasteiger partial charge in [0, 0.05) is 11.8 Å². The molecule has 0 bridgehead atoms. The Morgan fingerprint density at radius 1 is 1.04 bits per heavy atom. The van der Waals surface area contributed by atoms with Gasteiger partial charge in [0.2, 0.25) is 5.91 Å². The Morgan fingerprint density at radius 2 is 1.83 bits per heavy atom. The van der Waals surface area contributed by atoms with E-state index in [2.05, 4.69) is 10.6 Å². The summed E-state index contributed by atoms with van der Waals surface area (Å²) in [4.78, 5) is 12.1. The lowest BCUT2D eigenvalue weighted by molar-refractivity contribution is -0.114. The van der Waals surface area contributed by atoms with Gasteiger partial charge in [0.05, 0.1) is 36.5 Å². The molecule has 0 atom stereocenters. The van der Waals surface area contributed by atoms with Crippen LogP contribution >= 0.6 is 23.2 Å². The summed E-state index contributed by atoms with van der Waals surface area (Å²) in [6.07, 6.45) is 0. The maximum Gasteiger partial charge on any atom is 0.243 e. The Hall–Kier alpha value is -2.11. The van der Waals surface area contributed by atoms with Crippen LogP contribution in [-0.4, -0.2) is 26.7 Å². The van der Waals surface area contributed by atoms with Crippen molar-refractivity contribution in [1.82, 2.24) is 0 Å². The van der Waals surface area contributed by atoms with E-state index in [-0.39, 0.29) is 12.5 Å². The molecule has 2 aromatic carbocycles. The lowest BCUT2D eigenvalue weighted by Gasteiger charge is -2.12. The zero-order valence-electron chi connectivity index (χ0n) is 12.7. The van der Waals surface area contributed by atoms with Gasteiger partial charge in [-0.1, -0.05) is 23.2 Å². The van der Waals surface area contributed by atoms with E-state index in [1.165, 1.54) is 7.11 Å². The third kappa shape index (κ3) is 4.68. The van der Waals surface area contributed by atoms with Gasteiger partial charge >= 0.3 is 0 Å². The Balaban J connectivity index is 2.00. The highest BCUT2D eigenvalue weighted by molar-refractivity contribution is 6.42. The number of rotatable bonds is 6. The molecule has 0 unspecified atom stereocenters. The van der Waals surface area contributed by atoms with Crippen LogP contribution in [0.3, 0.4) is 0 Å². The molecule has 1 amide bonds. The minimum absolute atomic E-state index is 0.0678. The summed E-state index contributed by atoms with van der Waals surface area (Å²) in [6.45, 7) is 0.0678. The quantitative estimate of drug-likeness (QED) is 0.820. The van der Waals surface area contributed by atoms with Gasteiger partial charge in [0.25, 0.3) is 0 Å². The predicted octanol–water partition coefficient (Wildman–Crippen LogP) is 4.06. The van der Waals surface area contributed by atoms with Gasteiger partial charge in [-0.15, -0.1) is 0 Å². The number of carbonyl (C=O) groups excluding carboxylic acids is 1. The molecule has 2 aromatic rings. The minimum Gasteiger partial charge on any atom is -0.497 e. The van der Waals surface area contributed by atoms with Gasteiger partial charge in [-0.2, -0.15) is 0 Å². The van der Waals surface area contributed by atoms with Crippen molar-refractivity contribution in [2.45, 2.75) is 0 Å². The molecule has 7 heteroatoms. The fourth-order valence-electron chi connectivity index (χ4n) is 1.89. The fraction of sp³-hybridized carbons (Fsp3) is 0.188. The van der Waals surface area contributed by atoms with Crippen molar-refractivity contribution in [2.24, 2.45) is 0 Å². The second-order valence-corrected chi connectivity index (χ2v) is 5.41. The number of carbonyl (C=O) groups is 1. The Bertz CT molecular complexity index is 708. The summed E-state index contributed by atoms with van der Waals surface area (Å²) in [7, 11) is 3.09. The van der Waals surface area contributed by atoms with Gasteiger partial charge < -0.3 is 20.1 Å². The van der Waals surface area contributed by atoms with Crippen molar-refractivity contribution < 1.29 is 14.3 Å². The molecular formula is C16H16Cl2N2O3. The highest BCUT2D eigenvalue weighted by atomic mass is 35.5. The first-order chi connectivity index (χ1) is 11.0. The Kier molecular flexibility index (Phi) is 5.96. The van der Waals surface area contributed by atoms with Gasteiger partial charge in [0.15, 0.2) is 0 Å². The number of halogens is 2. The van der Waals surface area contributed by atoms with Crippen molar-refractivity contribution in [3.05, 3.63) is 46.4 Å². The Morgan fingerprint density at radius 3 is 2.48 bits per heavy atom. The molecular weight excluding hydrogens is 339 g/mol. The molecule has 0 saturated heterocycles. The molecule has 0 aliphatic heterocycles. The van der Waals surface area contributed by atoms with E-state index in [4.69, 9.17) is 32.7 Å². The molecule has 2 rings (SSSR count). The summed E-state index contributed by atoms with van der Waals surface area (Å²) in [5.41, 5.74) is 1.24. The molecule has 0 saturated carbocycles. The van der Waals surface area contributed by atoms with E-state index < -0.39 is 0 Å². The fourth-order valence-corrected chi connectivity index (χ4v) is 2.19. The minimum atomic E-state index is -0.234. The molecule has 0 aliphatic carbocycles. The number of nitrogens with one attached hydrogen (secondary N) is 2. The van der Waals surface area contributed by atoms with Gasteiger partial charge in [0.1, 0.15) is 11.5 Å². The average molecular weight is 355 g/mol. The molecule has 0 aliphatic rings. The smallest absolute Gasteiger partial charge is 0.243 e. The molecule has 0 fully saturated rings. The maximum atomic E-state index is 12.1. The summed E-state index contributed by atoms with van der Waals surface area (Å²) in [5, 5.41) is 6.62. The van der Waals surface area contributed by atoms with Crippen molar-refractivity contribution in [3.8, 4) is 11.5 Å². The number of methoxy groups -OCH3 is 2. The van der Waals surface area contributed by atoms with Crippen LogP contribution in [0.1, 0.15) is 0 Å². The molecule has 0 spiro atoms. The summed E-state index contributed by atoms with van der Waals surface area (Å²) >= 11 is 11.8. The zero-order valence-corrected chi connectivity index (χ0v) is 14.2. The summed E-state index contributed by atoms with van der Waals surface area (Å²) in [6, 6.07) is 10.2. The summed E-state index contributed by atoms with van der Waals surface area (Å²) < 4.78 is 10.4. The van der Waals surface area contributed by atoms with E-state index in [9.17, 15) is 4.79 Å². The highest BCUT2D eigenvalue weighted by Gasteiger charge is 2.09. The van der Waals surface area contributed by atoms with Crippen LogP contribution in [-0.2, 0) is 4.79 Å². The van der Waals surface area contributed by atoms with Gasteiger partial charge in [-0.25, -0.2) is 0 Å². The van der Waals surface area contributed by atoms with Crippen LogP contribution in [0.25, 0.3) is 0 Å². The van der Waals surface area contributed by atoms with Crippen molar-refractivity contribution in [3.63, 3.8) is 0 Å². The first-order valence-corrected chi connectivity index (χ1v) is 7.50. The van der Waals surface area contributed by atoms with Gasteiger partial charge in [-0.3, -0.25) is 4.79 Å². The molecule has 2 N–H and O–H groups in total. The number of benzene rings is 2. The topological polar surface area (TPSA) is 59.6 Å². The van der Waals surface area contributed by atoms with Crippen molar-refractivity contribution in [2.75, 3.05) is 31.4 Å². The largest absolute Gasteiger partial charge is 0.497 e. The summed E-state index contributed by atoms with van der Waals surface area (Å²) in [5.74, 6) is 0.940. The standard InChI is InChI=1S/C16H16Cl2N2O3/c1-22-11-4-6-15(23-2)14(8-11)20-16(21)9-19-10-3-5-12(17)13(18)7-10/h3-8,19H,9H2,1-2H3,(H,20,21).